The number of thiocarbonyl (C=S) groups is 2. The van der Waals surface area contributed by atoms with Gasteiger partial charge in [-0.1, -0.05) is 18.9 Å². The molecular formula is C17H25N7S2. The van der Waals surface area contributed by atoms with Crippen molar-refractivity contribution in [1.29, 1.82) is 0 Å². The number of rotatable bonds is 5. The molecule has 0 aromatic carbocycles. The summed E-state index contributed by atoms with van der Waals surface area (Å²) < 4.78 is 0. The predicted molar refractivity (Wildman–Crippen MR) is 115 cm³/mol. The van der Waals surface area contributed by atoms with E-state index in [4.69, 9.17) is 24.4 Å². The van der Waals surface area contributed by atoms with Gasteiger partial charge in [-0.15, -0.1) is 0 Å². The van der Waals surface area contributed by atoms with Crippen molar-refractivity contribution in [2.75, 3.05) is 14.1 Å². The fourth-order valence-corrected chi connectivity index (χ4v) is 3.32. The van der Waals surface area contributed by atoms with Crippen LogP contribution in [0.2, 0.25) is 0 Å². The average molecular weight is 392 g/mol. The van der Waals surface area contributed by atoms with Gasteiger partial charge in [-0.05, 0) is 55.8 Å². The van der Waals surface area contributed by atoms with Gasteiger partial charge in [0.25, 0.3) is 0 Å². The van der Waals surface area contributed by atoms with Crippen LogP contribution in [0.5, 0.6) is 0 Å². The number of hydrogen-bond donors (Lipinski definition) is 4. The van der Waals surface area contributed by atoms with E-state index in [1.807, 2.05) is 19.2 Å². The van der Waals surface area contributed by atoms with Gasteiger partial charge >= 0.3 is 0 Å². The molecule has 0 bridgehead atoms. The first-order chi connectivity index (χ1) is 12.5. The fourth-order valence-electron chi connectivity index (χ4n) is 3.23. The summed E-state index contributed by atoms with van der Waals surface area (Å²) in [7, 11) is 3.50. The zero-order valence-corrected chi connectivity index (χ0v) is 16.9. The highest BCUT2D eigenvalue weighted by Gasteiger charge is 2.42. The van der Waals surface area contributed by atoms with E-state index in [2.05, 4.69) is 42.7 Å². The number of pyridine rings is 1. The van der Waals surface area contributed by atoms with Crippen molar-refractivity contribution in [3.05, 3.63) is 30.1 Å². The molecule has 1 saturated carbocycles. The molecule has 0 spiro atoms. The summed E-state index contributed by atoms with van der Waals surface area (Å²) in [5.41, 5.74) is 8.24. The first-order valence-corrected chi connectivity index (χ1v) is 9.34. The molecule has 0 unspecified atom stereocenters. The van der Waals surface area contributed by atoms with Gasteiger partial charge in [0.15, 0.2) is 10.2 Å². The Morgan fingerprint density at radius 2 is 1.69 bits per heavy atom. The van der Waals surface area contributed by atoms with Crippen LogP contribution in [0.25, 0.3) is 0 Å². The summed E-state index contributed by atoms with van der Waals surface area (Å²) in [5.74, 6) is 0. The lowest BCUT2D eigenvalue weighted by molar-refractivity contribution is 0.596. The van der Waals surface area contributed by atoms with Crippen LogP contribution in [0.3, 0.4) is 0 Å². The van der Waals surface area contributed by atoms with Crippen LogP contribution in [0.15, 0.2) is 34.7 Å². The Labute approximate surface area is 165 Å². The largest absolute Gasteiger partial charge is 0.364 e. The number of hydrogen-bond acceptors (Lipinski definition) is 5. The van der Waals surface area contributed by atoms with Crippen LogP contribution in [0.4, 0.5) is 0 Å². The Bertz CT molecular complexity index is 694. The van der Waals surface area contributed by atoms with Crippen molar-refractivity contribution in [3.8, 4) is 0 Å². The second kappa shape index (κ2) is 9.54. The zero-order valence-electron chi connectivity index (χ0n) is 15.3. The molecule has 1 heterocycles. The zero-order chi connectivity index (χ0) is 19.0. The highest BCUT2D eigenvalue weighted by atomic mass is 32.1. The van der Waals surface area contributed by atoms with Gasteiger partial charge in [0, 0.05) is 31.9 Å². The average Bonchev–Trinajstić information content (AvgIpc) is 3.17. The third-order valence-electron chi connectivity index (χ3n) is 4.52. The van der Waals surface area contributed by atoms with E-state index in [1.54, 1.807) is 20.3 Å². The maximum Gasteiger partial charge on any atom is 0.186 e. The lowest BCUT2D eigenvalue weighted by Gasteiger charge is -2.31. The molecule has 0 atom stereocenters. The van der Waals surface area contributed by atoms with E-state index in [9.17, 15) is 0 Å². The van der Waals surface area contributed by atoms with E-state index in [0.29, 0.717) is 10.2 Å². The molecule has 2 rings (SSSR count). The first kappa shape index (κ1) is 20.2. The Morgan fingerprint density at radius 1 is 1.08 bits per heavy atom. The molecule has 4 N–H and O–H groups in total. The van der Waals surface area contributed by atoms with Gasteiger partial charge in [0.2, 0.25) is 0 Å². The fraction of sp³-hybridized carbons (Fsp3) is 0.471. The van der Waals surface area contributed by atoms with Crippen molar-refractivity contribution < 1.29 is 0 Å². The lowest BCUT2D eigenvalue weighted by Crippen LogP contribution is -2.42. The molecule has 9 heteroatoms. The molecule has 140 valence electrons. The molecule has 0 aliphatic heterocycles. The van der Waals surface area contributed by atoms with Crippen LogP contribution in [-0.2, 0) is 5.41 Å². The lowest BCUT2D eigenvalue weighted by atomic mass is 9.74. The maximum absolute atomic E-state index is 5.18. The second-order valence-electron chi connectivity index (χ2n) is 6.07. The summed E-state index contributed by atoms with van der Waals surface area (Å²) >= 11 is 10.3. The van der Waals surface area contributed by atoms with Crippen LogP contribution >= 0.6 is 24.4 Å². The van der Waals surface area contributed by atoms with E-state index >= 15 is 0 Å². The van der Waals surface area contributed by atoms with Crippen molar-refractivity contribution in [2.45, 2.75) is 38.0 Å². The Balaban J connectivity index is 2.46. The Kier molecular flexibility index (Phi) is 7.40. The molecule has 1 aliphatic carbocycles. The van der Waals surface area contributed by atoms with Gasteiger partial charge in [0.1, 0.15) is 0 Å². The van der Waals surface area contributed by atoms with Crippen LogP contribution in [0.1, 0.15) is 38.2 Å². The number of aromatic nitrogens is 1. The first-order valence-electron chi connectivity index (χ1n) is 8.52. The minimum Gasteiger partial charge on any atom is -0.364 e. The van der Waals surface area contributed by atoms with Crippen LogP contribution in [0, 0.1) is 0 Å². The maximum atomic E-state index is 5.18. The molecule has 0 radical (unpaired) electrons. The standard InChI is InChI=1S/C17H25N7S2/c1-12(21-23-15(25)18-2)14(22-24-16(26)19-3)17(8-4-5-9-17)13-7-6-10-20-11-13/h6-7,10-11H,4-5,8-9H2,1-3H3,(H2,18,23,25)(H2,19,24,26)/b21-12+,22-14-. The van der Waals surface area contributed by atoms with Gasteiger partial charge in [-0.3, -0.25) is 15.8 Å². The topological polar surface area (TPSA) is 85.7 Å². The van der Waals surface area contributed by atoms with E-state index in [-0.39, 0.29) is 5.41 Å². The molecule has 0 amide bonds. The summed E-state index contributed by atoms with van der Waals surface area (Å²) in [6.45, 7) is 1.92. The van der Waals surface area contributed by atoms with E-state index in [0.717, 1.165) is 42.7 Å². The number of nitrogens with one attached hydrogen (secondary N) is 4. The molecule has 1 aromatic heterocycles. The summed E-state index contributed by atoms with van der Waals surface area (Å²) in [6.07, 6.45) is 7.91. The molecule has 26 heavy (non-hydrogen) atoms. The van der Waals surface area contributed by atoms with Crippen LogP contribution in [-0.4, -0.2) is 40.7 Å². The number of hydrazone groups is 2. The Morgan fingerprint density at radius 3 is 2.23 bits per heavy atom. The van der Waals surface area contributed by atoms with Crippen LogP contribution < -0.4 is 21.5 Å². The molecule has 0 saturated heterocycles. The highest BCUT2D eigenvalue weighted by Crippen LogP contribution is 2.42. The minimum atomic E-state index is -0.249. The van der Waals surface area contributed by atoms with Crippen molar-refractivity contribution >= 4 is 46.1 Å². The Hall–Kier alpha value is -2.13. The summed E-state index contributed by atoms with van der Waals surface area (Å²) in [5, 5.41) is 15.7. The van der Waals surface area contributed by atoms with Gasteiger partial charge in [-0.2, -0.15) is 10.2 Å². The van der Waals surface area contributed by atoms with Crippen molar-refractivity contribution in [2.24, 2.45) is 10.2 Å². The normalized spacial score (nSPS) is 16.7. The van der Waals surface area contributed by atoms with Gasteiger partial charge < -0.3 is 10.6 Å². The van der Waals surface area contributed by atoms with Gasteiger partial charge in [-0.25, -0.2) is 0 Å². The monoisotopic (exact) mass is 391 g/mol. The molecule has 7 nitrogen and oxygen atoms in total. The van der Waals surface area contributed by atoms with Gasteiger partial charge in [0.05, 0.1) is 11.4 Å². The number of nitrogens with zero attached hydrogens (tertiary/aromatic N) is 3. The minimum absolute atomic E-state index is 0.249. The molecule has 1 fully saturated rings. The predicted octanol–water partition coefficient (Wildman–Crippen LogP) is 1.81. The molecular weight excluding hydrogens is 366 g/mol. The summed E-state index contributed by atoms with van der Waals surface area (Å²) in [4.78, 5) is 4.32. The second-order valence-corrected chi connectivity index (χ2v) is 6.89. The third-order valence-corrected chi connectivity index (χ3v) is 5.11. The molecule has 1 aliphatic rings. The van der Waals surface area contributed by atoms with E-state index < -0.39 is 0 Å². The summed E-state index contributed by atoms with van der Waals surface area (Å²) in [6, 6.07) is 4.06. The van der Waals surface area contributed by atoms with Crippen molar-refractivity contribution in [3.63, 3.8) is 0 Å². The van der Waals surface area contributed by atoms with E-state index in [1.165, 1.54) is 0 Å². The highest BCUT2D eigenvalue weighted by molar-refractivity contribution is 7.80. The molecule has 1 aromatic rings. The quantitative estimate of drug-likeness (QED) is 0.346. The smallest absolute Gasteiger partial charge is 0.186 e. The van der Waals surface area contributed by atoms with Crippen molar-refractivity contribution in [1.82, 2.24) is 26.5 Å². The third kappa shape index (κ3) is 4.73. The SMILES string of the molecule is CNC(=S)N/N=C(C)/C(=N/NC(=S)NC)C1(c2cccnc2)CCCC1.